The number of esters is 1. The standard InChI is InChI=1S/C28H25NO5/c1-29(2)25-13-3-18(4-14-25)17-34-28(33)23-12-6-19-5-11-22(15-24(19)16-23)26(30)20-7-9-21(10-8-20)27(31)32/h3-16,26,30H,17H2,1-2H3,(H,31,32). The third kappa shape index (κ3) is 5.08. The lowest BCUT2D eigenvalue weighted by Crippen LogP contribution is -2.09. The Morgan fingerprint density at radius 2 is 1.41 bits per heavy atom. The zero-order chi connectivity index (χ0) is 24.2. The van der Waals surface area contributed by atoms with Gasteiger partial charge in [-0.3, -0.25) is 0 Å². The Balaban J connectivity index is 1.50. The number of aromatic carboxylic acids is 1. The summed E-state index contributed by atoms with van der Waals surface area (Å²) in [6.07, 6.45) is -0.923. The molecule has 0 amide bonds. The van der Waals surface area contributed by atoms with Gasteiger partial charge in [-0.25, -0.2) is 9.59 Å². The summed E-state index contributed by atoms with van der Waals surface area (Å²) < 4.78 is 5.49. The highest BCUT2D eigenvalue weighted by molar-refractivity contribution is 5.95. The number of hydrogen-bond donors (Lipinski definition) is 2. The first-order valence-corrected chi connectivity index (χ1v) is 10.8. The number of hydrogen-bond acceptors (Lipinski definition) is 5. The second-order valence-electron chi connectivity index (χ2n) is 8.29. The first-order valence-electron chi connectivity index (χ1n) is 10.8. The first kappa shape index (κ1) is 23.0. The van der Waals surface area contributed by atoms with E-state index >= 15 is 0 Å². The van der Waals surface area contributed by atoms with E-state index in [2.05, 4.69) is 0 Å². The molecule has 0 heterocycles. The maximum atomic E-state index is 12.6. The number of aliphatic hydroxyl groups excluding tert-OH is 1. The van der Waals surface area contributed by atoms with Gasteiger partial charge in [0.25, 0.3) is 0 Å². The third-order valence-corrected chi connectivity index (χ3v) is 5.71. The van der Waals surface area contributed by atoms with Crippen molar-refractivity contribution in [2.24, 2.45) is 0 Å². The van der Waals surface area contributed by atoms with E-state index < -0.39 is 18.0 Å². The number of carboxylic acids is 1. The molecule has 0 aliphatic heterocycles. The van der Waals surface area contributed by atoms with Crippen LogP contribution in [0.3, 0.4) is 0 Å². The zero-order valence-corrected chi connectivity index (χ0v) is 18.9. The van der Waals surface area contributed by atoms with Gasteiger partial charge in [-0.05, 0) is 69.9 Å². The Kier molecular flexibility index (Phi) is 6.61. The van der Waals surface area contributed by atoms with Gasteiger partial charge in [0.15, 0.2) is 0 Å². The van der Waals surface area contributed by atoms with Crippen LogP contribution in [0.5, 0.6) is 0 Å². The number of rotatable bonds is 7. The van der Waals surface area contributed by atoms with Crippen LogP contribution >= 0.6 is 0 Å². The van der Waals surface area contributed by atoms with Crippen LogP contribution in [0.15, 0.2) is 84.9 Å². The maximum absolute atomic E-state index is 12.6. The molecule has 6 heteroatoms. The Morgan fingerprint density at radius 1 is 0.794 bits per heavy atom. The molecule has 4 rings (SSSR count). The van der Waals surface area contributed by atoms with Crippen molar-refractivity contribution in [1.29, 1.82) is 0 Å². The van der Waals surface area contributed by atoms with Crippen LogP contribution in [0.1, 0.15) is 43.5 Å². The molecule has 1 atom stereocenters. The Hall–Kier alpha value is -4.16. The smallest absolute Gasteiger partial charge is 0.338 e. The van der Waals surface area contributed by atoms with E-state index in [0.29, 0.717) is 16.7 Å². The Bertz CT molecular complexity index is 1330. The molecule has 34 heavy (non-hydrogen) atoms. The highest BCUT2D eigenvalue weighted by Crippen LogP contribution is 2.27. The quantitative estimate of drug-likeness (QED) is 0.380. The van der Waals surface area contributed by atoms with E-state index in [9.17, 15) is 14.7 Å². The molecule has 0 aromatic heterocycles. The van der Waals surface area contributed by atoms with Gasteiger partial charge in [0.1, 0.15) is 12.7 Å². The largest absolute Gasteiger partial charge is 0.478 e. The average molecular weight is 456 g/mol. The van der Waals surface area contributed by atoms with E-state index in [1.54, 1.807) is 24.3 Å². The number of anilines is 1. The van der Waals surface area contributed by atoms with Crippen LogP contribution in [0.25, 0.3) is 10.8 Å². The summed E-state index contributed by atoms with van der Waals surface area (Å²) in [7, 11) is 3.93. The second kappa shape index (κ2) is 9.77. The molecule has 2 N–H and O–H groups in total. The van der Waals surface area contributed by atoms with Crippen LogP contribution < -0.4 is 4.90 Å². The van der Waals surface area contributed by atoms with Gasteiger partial charge in [-0.1, -0.05) is 42.5 Å². The third-order valence-electron chi connectivity index (χ3n) is 5.71. The van der Waals surface area contributed by atoms with Gasteiger partial charge >= 0.3 is 11.9 Å². The number of aliphatic hydroxyl groups is 1. The summed E-state index contributed by atoms with van der Waals surface area (Å²) in [5, 5.41) is 21.6. The minimum absolute atomic E-state index is 0.159. The van der Waals surface area contributed by atoms with Crippen molar-refractivity contribution in [3.8, 4) is 0 Å². The van der Waals surface area contributed by atoms with E-state index in [1.165, 1.54) is 12.1 Å². The average Bonchev–Trinajstić information content (AvgIpc) is 2.86. The van der Waals surface area contributed by atoms with Crippen molar-refractivity contribution >= 4 is 28.4 Å². The Morgan fingerprint density at radius 3 is 2.06 bits per heavy atom. The minimum Gasteiger partial charge on any atom is -0.478 e. The predicted molar refractivity (Wildman–Crippen MR) is 131 cm³/mol. The summed E-state index contributed by atoms with van der Waals surface area (Å²) in [4.78, 5) is 25.7. The molecular weight excluding hydrogens is 430 g/mol. The normalized spacial score (nSPS) is 11.7. The van der Waals surface area contributed by atoms with Gasteiger partial charge < -0.3 is 19.8 Å². The number of carbonyl (C=O) groups is 2. The zero-order valence-electron chi connectivity index (χ0n) is 18.9. The SMILES string of the molecule is CN(C)c1ccc(COC(=O)c2ccc3ccc(C(O)c4ccc(C(=O)O)cc4)cc3c2)cc1. The number of carbonyl (C=O) groups excluding carboxylic acids is 1. The number of carboxylic acid groups (broad SMARTS) is 1. The van der Waals surface area contributed by atoms with Gasteiger partial charge in [0, 0.05) is 19.8 Å². The molecule has 6 nitrogen and oxygen atoms in total. The molecule has 0 aliphatic carbocycles. The lowest BCUT2D eigenvalue weighted by molar-refractivity contribution is 0.0472. The number of benzene rings is 4. The van der Waals surface area contributed by atoms with Crippen LogP contribution in [0, 0.1) is 0 Å². The molecule has 0 saturated carbocycles. The van der Waals surface area contributed by atoms with Crippen LogP contribution in [0.4, 0.5) is 5.69 Å². The minimum atomic E-state index is -1.02. The summed E-state index contributed by atoms with van der Waals surface area (Å²) >= 11 is 0. The summed E-state index contributed by atoms with van der Waals surface area (Å²) in [6, 6.07) is 24.7. The topological polar surface area (TPSA) is 87.1 Å². The van der Waals surface area contributed by atoms with Crippen LogP contribution in [-0.2, 0) is 11.3 Å². The lowest BCUT2D eigenvalue weighted by atomic mass is 9.97. The van der Waals surface area contributed by atoms with E-state index in [4.69, 9.17) is 9.84 Å². The molecule has 0 aliphatic rings. The first-order chi connectivity index (χ1) is 16.3. The van der Waals surface area contributed by atoms with Crippen LogP contribution in [0.2, 0.25) is 0 Å². The van der Waals surface area contributed by atoms with Crippen molar-refractivity contribution in [3.63, 3.8) is 0 Å². The van der Waals surface area contributed by atoms with Crippen molar-refractivity contribution < 1.29 is 24.5 Å². The second-order valence-corrected chi connectivity index (χ2v) is 8.29. The number of fused-ring (bicyclic) bond motifs is 1. The van der Waals surface area contributed by atoms with Crippen molar-refractivity contribution in [2.75, 3.05) is 19.0 Å². The molecule has 0 fully saturated rings. The molecule has 0 bridgehead atoms. The number of nitrogens with zero attached hydrogens (tertiary/aromatic N) is 1. The van der Waals surface area contributed by atoms with Gasteiger partial charge in [-0.15, -0.1) is 0 Å². The fourth-order valence-electron chi connectivity index (χ4n) is 3.69. The summed E-state index contributed by atoms with van der Waals surface area (Å²) in [5.41, 5.74) is 3.78. The van der Waals surface area contributed by atoms with Crippen molar-refractivity contribution in [1.82, 2.24) is 0 Å². The fourth-order valence-corrected chi connectivity index (χ4v) is 3.69. The number of ether oxygens (including phenoxy) is 1. The van der Waals surface area contributed by atoms with Gasteiger partial charge in [0.2, 0.25) is 0 Å². The molecule has 172 valence electrons. The molecular formula is C28H25NO5. The molecule has 0 spiro atoms. The highest BCUT2D eigenvalue weighted by atomic mass is 16.5. The van der Waals surface area contributed by atoms with Crippen LogP contribution in [-0.4, -0.2) is 36.2 Å². The van der Waals surface area contributed by atoms with E-state index in [-0.39, 0.29) is 12.2 Å². The van der Waals surface area contributed by atoms with Gasteiger partial charge in [-0.2, -0.15) is 0 Å². The monoisotopic (exact) mass is 455 g/mol. The van der Waals surface area contributed by atoms with E-state index in [1.807, 2.05) is 67.5 Å². The van der Waals surface area contributed by atoms with E-state index in [0.717, 1.165) is 22.0 Å². The highest BCUT2D eigenvalue weighted by Gasteiger charge is 2.14. The summed E-state index contributed by atoms with van der Waals surface area (Å²) in [6.45, 7) is 0.176. The molecule has 0 radical (unpaired) electrons. The lowest BCUT2D eigenvalue weighted by Gasteiger charge is -2.13. The molecule has 1 unspecified atom stereocenters. The van der Waals surface area contributed by atoms with Gasteiger partial charge in [0.05, 0.1) is 11.1 Å². The molecule has 4 aromatic rings. The molecule has 4 aromatic carbocycles. The maximum Gasteiger partial charge on any atom is 0.338 e. The summed E-state index contributed by atoms with van der Waals surface area (Å²) in [5.74, 6) is -1.44. The fraction of sp³-hybridized carbons (Fsp3) is 0.143. The van der Waals surface area contributed by atoms with Crippen molar-refractivity contribution in [2.45, 2.75) is 12.7 Å². The predicted octanol–water partition coefficient (Wildman–Crippen LogP) is 5.04. The Labute approximate surface area is 197 Å². The van der Waals surface area contributed by atoms with Crippen molar-refractivity contribution in [3.05, 3.63) is 113 Å². The molecule has 0 saturated heterocycles.